The normalized spacial score (nSPS) is 48.8. The Morgan fingerprint density at radius 3 is 1.69 bits per heavy atom. The summed E-state index contributed by atoms with van der Waals surface area (Å²) in [7, 11) is -3.03. The first-order valence-electron chi connectivity index (χ1n) is 4.56. The molecule has 0 aromatic rings. The molecule has 0 amide bonds. The predicted molar refractivity (Wildman–Crippen MR) is 54.2 cm³/mol. The molecular formula is C8H12Cl2O2S. The van der Waals surface area contributed by atoms with Gasteiger partial charge in [-0.05, 0) is 12.8 Å². The Bertz CT molecular complexity index is 277. The summed E-state index contributed by atoms with van der Waals surface area (Å²) in [5, 5.41) is -1.53. The van der Waals surface area contributed by atoms with Crippen LogP contribution in [0.2, 0.25) is 0 Å². The highest BCUT2D eigenvalue weighted by Gasteiger charge is 2.53. The summed E-state index contributed by atoms with van der Waals surface area (Å²) in [6, 6.07) is 0. The molecule has 4 atom stereocenters. The van der Waals surface area contributed by atoms with Crippen LogP contribution in [-0.4, -0.2) is 29.7 Å². The molecule has 0 N–H and O–H groups in total. The van der Waals surface area contributed by atoms with Gasteiger partial charge in [0.2, 0.25) is 0 Å². The van der Waals surface area contributed by atoms with Crippen LogP contribution in [0, 0.1) is 0 Å². The Kier molecular flexibility index (Phi) is 2.54. The zero-order valence-electron chi connectivity index (χ0n) is 7.12. The highest BCUT2D eigenvalue weighted by molar-refractivity contribution is 7.93. The molecule has 13 heavy (non-hydrogen) atoms. The van der Waals surface area contributed by atoms with E-state index in [0.29, 0.717) is 12.8 Å². The van der Waals surface area contributed by atoms with E-state index in [9.17, 15) is 8.42 Å². The standard InChI is InChI=1S/C8H12Cl2O2S/c9-7-5-3-1-2-4-6(8(7)10)13(5,11)12/h5-8H,1-4H2/t5-,6+,7-,8-/m1/s1. The summed E-state index contributed by atoms with van der Waals surface area (Å²) in [4.78, 5) is 0. The Morgan fingerprint density at radius 1 is 0.923 bits per heavy atom. The van der Waals surface area contributed by atoms with Crippen molar-refractivity contribution in [2.24, 2.45) is 0 Å². The van der Waals surface area contributed by atoms with Crippen LogP contribution in [0.3, 0.4) is 0 Å². The van der Waals surface area contributed by atoms with E-state index >= 15 is 0 Å². The second kappa shape index (κ2) is 3.28. The Morgan fingerprint density at radius 2 is 1.31 bits per heavy atom. The van der Waals surface area contributed by atoms with Gasteiger partial charge in [0.25, 0.3) is 0 Å². The van der Waals surface area contributed by atoms with E-state index in [1.54, 1.807) is 0 Å². The van der Waals surface area contributed by atoms with Crippen molar-refractivity contribution in [1.29, 1.82) is 0 Å². The molecule has 0 aliphatic carbocycles. The van der Waals surface area contributed by atoms with Gasteiger partial charge in [-0.3, -0.25) is 0 Å². The second-order valence-electron chi connectivity index (χ2n) is 3.84. The molecule has 0 unspecified atom stereocenters. The molecular weight excluding hydrogens is 231 g/mol. The maximum absolute atomic E-state index is 11.8. The molecule has 0 aromatic heterocycles. The van der Waals surface area contributed by atoms with Gasteiger partial charge in [0.15, 0.2) is 9.84 Å². The maximum Gasteiger partial charge on any atom is 0.159 e. The third kappa shape index (κ3) is 1.40. The van der Waals surface area contributed by atoms with Gasteiger partial charge in [-0.1, -0.05) is 12.8 Å². The van der Waals surface area contributed by atoms with Gasteiger partial charge in [0.1, 0.15) is 0 Å². The second-order valence-corrected chi connectivity index (χ2v) is 7.24. The van der Waals surface area contributed by atoms with Crippen molar-refractivity contribution < 1.29 is 8.42 Å². The highest BCUT2D eigenvalue weighted by Crippen LogP contribution is 2.42. The Labute approximate surface area is 88.5 Å². The highest BCUT2D eigenvalue weighted by atomic mass is 35.5. The summed E-state index contributed by atoms with van der Waals surface area (Å²) >= 11 is 12.0. The molecule has 2 saturated heterocycles. The molecule has 76 valence electrons. The Hall–Kier alpha value is 0.530. The monoisotopic (exact) mass is 242 g/mol. The average molecular weight is 243 g/mol. The van der Waals surface area contributed by atoms with Crippen LogP contribution in [0.4, 0.5) is 0 Å². The molecule has 2 fully saturated rings. The number of fused-ring (bicyclic) bond motifs is 2. The van der Waals surface area contributed by atoms with Crippen LogP contribution in [-0.2, 0) is 9.84 Å². The minimum Gasteiger partial charge on any atom is -0.228 e. The molecule has 2 heterocycles. The number of rotatable bonds is 0. The van der Waals surface area contributed by atoms with E-state index in [0.717, 1.165) is 12.8 Å². The van der Waals surface area contributed by atoms with E-state index in [1.165, 1.54) is 0 Å². The van der Waals surface area contributed by atoms with Gasteiger partial charge in [-0.2, -0.15) is 0 Å². The lowest BCUT2D eigenvalue weighted by Crippen LogP contribution is -2.24. The minimum atomic E-state index is -3.03. The van der Waals surface area contributed by atoms with Crippen molar-refractivity contribution in [3.63, 3.8) is 0 Å². The van der Waals surface area contributed by atoms with Crippen LogP contribution in [0.25, 0.3) is 0 Å². The van der Waals surface area contributed by atoms with Gasteiger partial charge < -0.3 is 0 Å². The fourth-order valence-corrected chi connectivity index (χ4v) is 6.47. The molecule has 2 bridgehead atoms. The van der Waals surface area contributed by atoms with Gasteiger partial charge >= 0.3 is 0 Å². The molecule has 5 heteroatoms. The van der Waals surface area contributed by atoms with E-state index < -0.39 is 9.84 Å². The minimum absolute atomic E-state index is 0.378. The van der Waals surface area contributed by atoms with Gasteiger partial charge in [0.05, 0.1) is 21.3 Å². The third-order valence-electron chi connectivity index (χ3n) is 3.09. The van der Waals surface area contributed by atoms with Gasteiger partial charge in [-0.25, -0.2) is 8.42 Å². The molecule has 0 aromatic carbocycles. The summed E-state index contributed by atoms with van der Waals surface area (Å²) in [6.07, 6.45) is 3.31. The zero-order chi connectivity index (χ0) is 9.64. The number of sulfone groups is 1. The van der Waals surface area contributed by atoms with Crippen molar-refractivity contribution in [2.75, 3.05) is 0 Å². The summed E-state index contributed by atoms with van der Waals surface area (Å²) < 4.78 is 23.7. The summed E-state index contributed by atoms with van der Waals surface area (Å²) in [5.74, 6) is 0. The van der Waals surface area contributed by atoms with E-state index in [2.05, 4.69) is 0 Å². The van der Waals surface area contributed by atoms with Gasteiger partial charge in [-0.15, -0.1) is 23.2 Å². The topological polar surface area (TPSA) is 34.1 Å². The largest absolute Gasteiger partial charge is 0.228 e. The van der Waals surface area contributed by atoms with Crippen LogP contribution in [0.15, 0.2) is 0 Å². The van der Waals surface area contributed by atoms with E-state index in [4.69, 9.17) is 23.2 Å². The quantitative estimate of drug-likeness (QED) is 0.609. The van der Waals surface area contributed by atoms with Crippen molar-refractivity contribution in [3.05, 3.63) is 0 Å². The van der Waals surface area contributed by atoms with Crippen molar-refractivity contribution in [2.45, 2.75) is 46.9 Å². The van der Waals surface area contributed by atoms with Crippen LogP contribution >= 0.6 is 23.2 Å². The first kappa shape index (κ1) is 10.1. The lowest BCUT2D eigenvalue weighted by atomic mass is 10.0. The average Bonchev–Trinajstić information content (AvgIpc) is 2.23. The molecule has 0 radical (unpaired) electrons. The first-order chi connectivity index (χ1) is 6.05. The molecule has 2 aliphatic rings. The fourth-order valence-electron chi connectivity index (χ4n) is 2.34. The predicted octanol–water partition coefficient (Wildman–Crippen LogP) is 1.94. The molecule has 2 rings (SSSR count). The number of hydrogen-bond donors (Lipinski definition) is 0. The van der Waals surface area contributed by atoms with E-state index in [1.807, 2.05) is 0 Å². The fraction of sp³-hybridized carbons (Fsp3) is 1.00. The Balaban J connectivity index is 2.42. The van der Waals surface area contributed by atoms with E-state index in [-0.39, 0.29) is 21.3 Å². The van der Waals surface area contributed by atoms with Crippen molar-refractivity contribution >= 4 is 33.0 Å². The molecule has 2 aliphatic heterocycles. The van der Waals surface area contributed by atoms with Crippen molar-refractivity contribution in [3.8, 4) is 0 Å². The summed E-state index contributed by atoms with van der Waals surface area (Å²) in [5.41, 5.74) is 0. The zero-order valence-corrected chi connectivity index (χ0v) is 9.45. The molecule has 0 spiro atoms. The number of alkyl halides is 2. The lowest BCUT2D eigenvalue weighted by molar-refractivity contribution is 0.565. The number of halogens is 2. The van der Waals surface area contributed by atoms with Crippen LogP contribution < -0.4 is 0 Å². The maximum atomic E-state index is 11.8. The van der Waals surface area contributed by atoms with Crippen LogP contribution in [0.1, 0.15) is 25.7 Å². The number of hydrogen-bond acceptors (Lipinski definition) is 2. The lowest BCUT2D eigenvalue weighted by Gasteiger charge is -2.14. The smallest absolute Gasteiger partial charge is 0.159 e. The molecule has 0 saturated carbocycles. The van der Waals surface area contributed by atoms with Crippen molar-refractivity contribution in [1.82, 2.24) is 0 Å². The van der Waals surface area contributed by atoms with Gasteiger partial charge in [0, 0.05) is 0 Å². The SMILES string of the molecule is O=S1(=O)[C@@H]2CCCC[C@H]1[C@@H](Cl)[C@@H]2Cl. The van der Waals surface area contributed by atoms with Crippen LogP contribution in [0.5, 0.6) is 0 Å². The first-order valence-corrected chi connectivity index (χ1v) is 7.04. The third-order valence-corrected chi connectivity index (χ3v) is 7.41. The molecule has 2 nitrogen and oxygen atoms in total. The summed E-state index contributed by atoms with van der Waals surface area (Å²) in [6.45, 7) is 0.